The maximum absolute atomic E-state index is 11.6. The smallest absolute Gasteiger partial charge is 0.164 e. The van der Waals surface area contributed by atoms with Crippen LogP contribution in [0.5, 0.6) is 17.2 Å². The van der Waals surface area contributed by atoms with E-state index in [1.807, 2.05) is 30.5 Å². The molecule has 4 rings (SSSR count). The van der Waals surface area contributed by atoms with Gasteiger partial charge in [-0.1, -0.05) is 6.07 Å². The van der Waals surface area contributed by atoms with Crippen LogP contribution < -0.4 is 14.2 Å². The first-order chi connectivity index (χ1) is 14.1. The molecule has 156 valence electrons. The van der Waals surface area contributed by atoms with Crippen molar-refractivity contribution in [2.75, 3.05) is 34.4 Å². The van der Waals surface area contributed by atoms with Gasteiger partial charge in [-0.3, -0.25) is 9.88 Å². The minimum atomic E-state index is -0.798. The van der Waals surface area contributed by atoms with Crippen molar-refractivity contribution in [1.29, 1.82) is 0 Å². The van der Waals surface area contributed by atoms with Gasteiger partial charge >= 0.3 is 0 Å². The zero-order valence-electron chi connectivity index (χ0n) is 17.4. The van der Waals surface area contributed by atoms with Crippen LogP contribution in [0.3, 0.4) is 0 Å². The van der Waals surface area contributed by atoms with Gasteiger partial charge in [-0.05, 0) is 37.3 Å². The third-order valence-electron chi connectivity index (χ3n) is 6.60. The first kappa shape index (κ1) is 20.0. The summed E-state index contributed by atoms with van der Waals surface area (Å²) in [5.74, 6) is 2.85. The topological polar surface area (TPSA) is 64.0 Å². The largest absolute Gasteiger partial charge is 0.496 e. The first-order valence-electron chi connectivity index (χ1n) is 10.2. The molecule has 1 aliphatic carbocycles. The fraction of sp³-hybridized carbons (Fsp3) is 0.522. The van der Waals surface area contributed by atoms with Gasteiger partial charge in [0.2, 0.25) is 0 Å². The molecule has 1 aliphatic heterocycles. The summed E-state index contributed by atoms with van der Waals surface area (Å²) in [4.78, 5) is 6.67. The van der Waals surface area contributed by atoms with Crippen LogP contribution in [0.4, 0.5) is 0 Å². The van der Waals surface area contributed by atoms with Crippen molar-refractivity contribution >= 4 is 0 Å². The van der Waals surface area contributed by atoms with E-state index in [1.54, 1.807) is 27.5 Å². The number of hydrogen-bond donors (Lipinski definition) is 1. The summed E-state index contributed by atoms with van der Waals surface area (Å²) in [7, 11) is 4.95. The van der Waals surface area contributed by atoms with Crippen molar-refractivity contribution in [2.45, 2.75) is 31.4 Å². The van der Waals surface area contributed by atoms with Crippen LogP contribution in [-0.4, -0.2) is 49.4 Å². The molecule has 0 bridgehead atoms. The molecule has 6 heteroatoms. The summed E-state index contributed by atoms with van der Waals surface area (Å²) >= 11 is 0. The van der Waals surface area contributed by atoms with Crippen LogP contribution in [0.2, 0.25) is 0 Å². The Morgan fingerprint density at radius 3 is 2.55 bits per heavy atom. The number of pyridine rings is 1. The number of fused-ring (bicyclic) bond motifs is 1. The lowest BCUT2D eigenvalue weighted by atomic mass is 9.68. The molecule has 2 fully saturated rings. The zero-order chi connectivity index (χ0) is 20.4. The highest BCUT2D eigenvalue weighted by atomic mass is 16.5. The summed E-state index contributed by atoms with van der Waals surface area (Å²) in [6, 6.07) is 7.80. The molecule has 1 aromatic carbocycles. The molecule has 2 aliphatic rings. The van der Waals surface area contributed by atoms with E-state index in [1.165, 1.54) is 0 Å². The quantitative estimate of drug-likeness (QED) is 0.806. The molecule has 1 saturated heterocycles. The van der Waals surface area contributed by atoms with Gasteiger partial charge < -0.3 is 19.3 Å². The van der Waals surface area contributed by atoms with Crippen LogP contribution >= 0.6 is 0 Å². The van der Waals surface area contributed by atoms with Crippen LogP contribution in [0, 0.1) is 11.8 Å². The Balaban J connectivity index is 1.57. The van der Waals surface area contributed by atoms with E-state index in [4.69, 9.17) is 14.2 Å². The molecule has 29 heavy (non-hydrogen) atoms. The SMILES string of the molecule is COc1cc(OC)c(OC)cc1CN1CC2CCCC(O)(c3cccnc3)C2C1. The van der Waals surface area contributed by atoms with Crippen LogP contribution in [0.1, 0.15) is 30.4 Å². The van der Waals surface area contributed by atoms with E-state index in [-0.39, 0.29) is 5.92 Å². The second kappa shape index (κ2) is 8.20. The van der Waals surface area contributed by atoms with E-state index in [0.717, 1.165) is 55.8 Å². The monoisotopic (exact) mass is 398 g/mol. The predicted molar refractivity (Wildman–Crippen MR) is 110 cm³/mol. The summed E-state index contributed by atoms with van der Waals surface area (Å²) < 4.78 is 16.5. The molecular weight excluding hydrogens is 368 g/mol. The Kier molecular flexibility index (Phi) is 5.65. The maximum Gasteiger partial charge on any atom is 0.164 e. The average Bonchev–Trinajstić information content (AvgIpc) is 3.18. The Morgan fingerprint density at radius 1 is 1.10 bits per heavy atom. The summed E-state index contributed by atoms with van der Waals surface area (Å²) in [6.45, 7) is 2.58. The molecular formula is C23H30N2O4. The number of rotatable bonds is 6. The van der Waals surface area contributed by atoms with Gasteiger partial charge in [-0.25, -0.2) is 0 Å². The number of nitrogens with zero attached hydrogens (tertiary/aromatic N) is 2. The van der Waals surface area contributed by atoms with Crippen molar-refractivity contribution < 1.29 is 19.3 Å². The minimum absolute atomic E-state index is 0.214. The first-order valence-corrected chi connectivity index (χ1v) is 10.2. The Morgan fingerprint density at radius 2 is 1.86 bits per heavy atom. The fourth-order valence-corrected chi connectivity index (χ4v) is 5.18. The Hall–Kier alpha value is -2.31. The zero-order valence-corrected chi connectivity index (χ0v) is 17.4. The Bertz CT molecular complexity index is 844. The van der Waals surface area contributed by atoms with Crippen molar-refractivity contribution in [3.8, 4) is 17.2 Å². The molecule has 2 aromatic rings. The van der Waals surface area contributed by atoms with Gasteiger partial charge in [0.05, 0.1) is 26.9 Å². The third-order valence-corrected chi connectivity index (χ3v) is 6.60. The number of methoxy groups -OCH3 is 3. The molecule has 3 atom stereocenters. The van der Waals surface area contributed by atoms with Crippen molar-refractivity contribution in [2.24, 2.45) is 11.8 Å². The predicted octanol–water partition coefficient (Wildman–Crippen LogP) is 3.23. The van der Waals surface area contributed by atoms with Gasteiger partial charge in [0, 0.05) is 55.1 Å². The van der Waals surface area contributed by atoms with Crippen molar-refractivity contribution in [3.63, 3.8) is 0 Å². The molecule has 1 aromatic heterocycles. The second-order valence-electron chi connectivity index (χ2n) is 8.14. The van der Waals surface area contributed by atoms with Crippen molar-refractivity contribution in [3.05, 3.63) is 47.8 Å². The van der Waals surface area contributed by atoms with E-state index in [0.29, 0.717) is 17.4 Å². The summed E-state index contributed by atoms with van der Waals surface area (Å²) in [6.07, 6.45) is 6.58. The molecule has 6 nitrogen and oxygen atoms in total. The van der Waals surface area contributed by atoms with Crippen LogP contribution in [0.25, 0.3) is 0 Å². The molecule has 2 heterocycles. The van der Waals surface area contributed by atoms with Crippen molar-refractivity contribution in [1.82, 2.24) is 9.88 Å². The number of aliphatic hydroxyl groups is 1. The summed E-state index contributed by atoms with van der Waals surface area (Å²) in [5.41, 5.74) is 1.21. The Labute approximate surface area is 172 Å². The molecule has 0 amide bonds. The van der Waals surface area contributed by atoms with E-state index in [2.05, 4.69) is 9.88 Å². The van der Waals surface area contributed by atoms with E-state index < -0.39 is 5.60 Å². The molecule has 1 N–H and O–H groups in total. The van der Waals surface area contributed by atoms with Gasteiger partial charge in [0.15, 0.2) is 11.5 Å². The number of benzene rings is 1. The number of hydrogen-bond acceptors (Lipinski definition) is 6. The summed E-state index contributed by atoms with van der Waals surface area (Å²) in [5, 5.41) is 11.6. The molecule has 0 spiro atoms. The molecule has 1 saturated carbocycles. The van der Waals surface area contributed by atoms with Gasteiger partial charge in [0.25, 0.3) is 0 Å². The minimum Gasteiger partial charge on any atom is -0.496 e. The lowest BCUT2D eigenvalue weighted by Gasteiger charge is -2.41. The second-order valence-corrected chi connectivity index (χ2v) is 8.14. The lowest BCUT2D eigenvalue weighted by molar-refractivity contribution is -0.0651. The number of ether oxygens (including phenoxy) is 3. The molecule has 0 radical (unpaired) electrons. The third kappa shape index (κ3) is 3.67. The maximum atomic E-state index is 11.6. The normalized spacial score (nSPS) is 26.8. The number of aromatic nitrogens is 1. The number of likely N-dealkylation sites (tertiary alicyclic amines) is 1. The highest BCUT2D eigenvalue weighted by molar-refractivity contribution is 5.50. The van der Waals surface area contributed by atoms with E-state index in [9.17, 15) is 5.11 Å². The molecule has 3 unspecified atom stereocenters. The standard InChI is InChI=1S/C23H30N2O4/c1-27-20-11-22(29-3)21(28-2)10-17(20)14-25-13-16-6-4-8-23(26,19(16)15-25)18-7-5-9-24-12-18/h5,7,9-12,16,19,26H,4,6,8,13-15H2,1-3H3. The lowest BCUT2D eigenvalue weighted by Crippen LogP contribution is -2.42. The van der Waals surface area contributed by atoms with Gasteiger partial charge in [-0.2, -0.15) is 0 Å². The highest BCUT2D eigenvalue weighted by Gasteiger charge is 2.49. The van der Waals surface area contributed by atoms with Gasteiger partial charge in [-0.15, -0.1) is 0 Å². The fourth-order valence-electron chi connectivity index (χ4n) is 5.18. The van der Waals surface area contributed by atoms with E-state index >= 15 is 0 Å². The van der Waals surface area contributed by atoms with Gasteiger partial charge in [0.1, 0.15) is 5.75 Å². The van der Waals surface area contributed by atoms with Crippen LogP contribution in [0.15, 0.2) is 36.7 Å². The average molecular weight is 399 g/mol. The van der Waals surface area contributed by atoms with Crippen LogP contribution in [-0.2, 0) is 12.1 Å². The highest BCUT2D eigenvalue weighted by Crippen LogP contribution is 2.48.